The summed E-state index contributed by atoms with van der Waals surface area (Å²) in [5.74, 6) is -0.831. The number of esters is 2. The smallest absolute Gasteiger partial charge is 0.306 e. The quantitative estimate of drug-likeness (QED) is 0.0195. The average Bonchev–Trinajstić information content (AvgIpc) is 1.65. The number of ether oxygens (including phenoxy) is 2. The minimum absolute atomic E-state index is 0.0352. The number of nitrogens with zero attached hydrogens (tertiary/aromatic N) is 1. The molecule has 0 aliphatic heterocycles. The predicted octanol–water partition coefficient (Wildman–Crippen LogP) is 25.3. The van der Waals surface area contributed by atoms with Crippen molar-refractivity contribution in [2.45, 2.75) is 341 Å². The summed E-state index contributed by atoms with van der Waals surface area (Å²) < 4.78 is 34.4. The molecule has 0 bridgehead atoms. The number of carbonyl (C=O) groups is 2. The number of carbonyl (C=O) groups excluding carboxylic acids is 2. The lowest BCUT2D eigenvalue weighted by atomic mass is 10.0. The first kappa shape index (κ1) is 90.2. The van der Waals surface area contributed by atoms with Gasteiger partial charge >= 0.3 is 11.9 Å². The van der Waals surface area contributed by atoms with E-state index < -0.39 is 26.5 Å². The van der Waals surface area contributed by atoms with Gasteiger partial charge in [0.05, 0.1) is 27.7 Å². The Labute approximate surface area is 581 Å². The van der Waals surface area contributed by atoms with Crippen LogP contribution in [0.4, 0.5) is 0 Å². The third kappa shape index (κ3) is 77.2. The molecule has 0 amide bonds. The largest absolute Gasteiger partial charge is 0.756 e. The van der Waals surface area contributed by atoms with E-state index in [0.29, 0.717) is 17.4 Å². The molecule has 540 valence electrons. The second-order valence-corrected chi connectivity index (χ2v) is 28.4. The molecule has 0 aliphatic rings. The molecule has 0 aromatic carbocycles. The molecule has 0 saturated carbocycles. The van der Waals surface area contributed by atoms with Crippen LogP contribution in [0.15, 0.2) is 134 Å². The van der Waals surface area contributed by atoms with Gasteiger partial charge in [-0.3, -0.25) is 14.2 Å². The van der Waals surface area contributed by atoms with Gasteiger partial charge in [0.2, 0.25) is 0 Å². The molecule has 0 radical (unpaired) electrons. The highest BCUT2D eigenvalue weighted by Crippen LogP contribution is 2.38. The van der Waals surface area contributed by atoms with Crippen LogP contribution >= 0.6 is 7.82 Å². The maximum absolute atomic E-state index is 12.9. The Morgan fingerprint density at radius 2 is 0.574 bits per heavy atom. The summed E-state index contributed by atoms with van der Waals surface area (Å²) in [4.78, 5) is 38.2. The van der Waals surface area contributed by atoms with Crippen LogP contribution in [-0.2, 0) is 32.7 Å². The lowest BCUT2D eigenvalue weighted by molar-refractivity contribution is -0.870. The molecular weight excluding hydrogens is 1180 g/mol. The Bertz CT molecular complexity index is 2050. The van der Waals surface area contributed by atoms with Crippen LogP contribution in [0.25, 0.3) is 0 Å². The second-order valence-electron chi connectivity index (χ2n) is 27.0. The summed E-state index contributed by atoms with van der Waals surface area (Å²) in [5.41, 5.74) is 0. The minimum atomic E-state index is -4.65. The van der Waals surface area contributed by atoms with Crippen LogP contribution in [0.2, 0.25) is 0 Å². The summed E-state index contributed by atoms with van der Waals surface area (Å²) in [5, 5.41) is 0. The number of quaternary nitrogens is 1. The topological polar surface area (TPSA) is 111 Å². The first-order valence-electron chi connectivity index (χ1n) is 38.9. The number of phosphoric acid groups is 1. The highest BCUT2D eigenvalue weighted by atomic mass is 31.2. The lowest BCUT2D eigenvalue weighted by Crippen LogP contribution is -2.37. The van der Waals surface area contributed by atoms with Crippen LogP contribution in [-0.4, -0.2) is 70.0 Å². The number of phosphoric ester groups is 1. The highest BCUT2D eigenvalue weighted by Gasteiger charge is 2.22. The molecule has 0 aromatic heterocycles. The minimum Gasteiger partial charge on any atom is -0.756 e. The van der Waals surface area contributed by atoms with Crippen molar-refractivity contribution in [3.05, 3.63) is 134 Å². The lowest BCUT2D eigenvalue weighted by Gasteiger charge is -2.28. The number of hydrogen-bond donors (Lipinski definition) is 0. The molecule has 0 rings (SSSR count). The SMILES string of the molecule is CC/C=C\C/C=C\C/C=C\C/C=C\C/C=C\C/C=C\CCCCCCCCCCCCC(=O)OC(COC(=O)CCCCCCCCCCCCCCCCCCCCCCCCCCC/C=C\C/C=C\C/C=C\C/C=C\C/C=C\CC)COP(=O)([O-])OCC[N+](C)(C)C. The van der Waals surface area contributed by atoms with Gasteiger partial charge in [0.15, 0.2) is 6.10 Å². The molecule has 9 nitrogen and oxygen atoms in total. The molecule has 0 aromatic rings. The van der Waals surface area contributed by atoms with E-state index in [9.17, 15) is 19.0 Å². The fourth-order valence-electron chi connectivity index (χ4n) is 10.8. The normalized spacial score (nSPS) is 13.8. The maximum atomic E-state index is 12.9. The Hall–Kier alpha value is -3.85. The maximum Gasteiger partial charge on any atom is 0.306 e. The molecule has 0 fully saturated rings. The molecule has 2 atom stereocenters. The molecule has 0 spiro atoms. The second kappa shape index (κ2) is 73.4. The van der Waals surface area contributed by atoms with Crippen molar-refractivity contribution in [1.29, 1.82) is 0 Å². The Balaban J connectivity index is 3.95. The number of hydrogen-bond acceptors (Lipinski definition) is 8. The third-order valence-electron chi connectivity index (χ3n) is 16.7. The summed E-state index contributed by atoms with van der Waals surface area (Å²) >= 11 is 0. The Kier molecular flexibility index (Phi) is 70.4. The van der Waals surface area contributed by atoms with Crippen molar-refractivity contribution in [2.24, 2.45) is 0 Å². The monoisotopic (exact) mass is 1330 g/mol. The number of rotatable bonds is 71. The zero-order valence-electron chi connectivity index (χ0n) is 61.6. The fourth-order valence-corrected chi connectivity index (χ4v) is 11.5. The molecule has 0 saturated heterocycles. The van der Waals surface area contributed by atoms with Crippen LogP contribution in [0.3, 0.4) is 0 Å². The number of likely N-dealkylation sites (N-methyl/N-ethyl adjacent to an activating group) is 1. The number of unbranched alkanes of at least 4 members (excludes halogenated alkanes) is 35. The van der Waals surface area contributed by atoms with E-state index in [2.05, 4.69) is 148 Å². The van der Waals surface area contributed by atoms with Gasteiger partial charge in [-0.05, 0) is 109 Å². The first-order valence-corrected chi connectivity index (χ1v) is 40.4. The van der Waals surface area contributed by atoms with Crippen molar-refractivity contribution in [3.63, 3.8) is 0 Å². The molecular formula is C84H146NO8P. The molecule has 94 heavy (non-hydrogen) atoms. The summed E-state index contributed by atoms with van der Waals surface area (Å²) in [6, 6.07) is 0. The highest BCUT2D eigenvalue weighted by molar-refractivity contribution is 7.45. The van der Waals surface area contributed by atoms with Crippen LogP contribution < -0.4 is 4.89 Å². The van der Waals surface area contributed by atoms with E-state index in [1.54, 1.807) is 0 Å². The molecule has 0 aliphatic carbocycles. The van der Waals surface area contributed by atoms with Gasteiger partial charge in [0, 0.05) is 12.8 Å². The molecule has 10 heteroatoms. The van der Waals surface area contributed by atoms with Gasteiger partial charge in [-0.1, -0.05) is 347 Å². The van der Waals surface area contributed by atoms with Gasteiger partial charge in [-0.2, -0.15) is 0 Å². The van der Waals surface area contributed by atoms with Gasteiger partial charge in [-0.25, -0.2) is 0 Å². The third-order valence-corrected chi connectivity index (χ3v) is 17.6. The standard InChI is InChI=1S/C84H146NO8P/c1-6-8-10-12-14-16-18-20-22-24-26-28-30-32-34-36-37-38-39-40-41-42-43-44-45-46-47-49-50-52-54-56-58-60-62-64-66-68-70-72-74-76-83(86)90-80-82(81-92-94(88,89)91-79-78-85(3,4)5)93-84(87)77-75-73-71-69-67-65-63-61-59-57-55-53-51-48-35-33-31-29-27-25-23-21-19-17-15-13-11-9-7-2/h8-11,14-17,20-23,26-29,32-35,51,53,82H,6-7,12-13,18-19,24-25,30-31,36-50,52,54-81H2,1-5H3/b10-8-,11-9-,16-14-,17-15-,22-20-,23-21-,28-26-,29-27-,34-32-,35-33-,53-51-. The van der Waals surface area contributed by atoms with Crippen molar-refractivity contribution in [1.82, 2.24) is 0 Å². The van der Waals surface area contributed by atoms with E-state index in [4.69, 9.17) is 18.5 Å². The zero-order valence-corrected chi connectivity index (χ0v) is 62.5. The molecule has 2 unspecified atom stereocenters. The average molecular weight is 1330 g/mol. The Morgan fingerprint density at radius 3 is 0.851 bits per heavy atom. The van der Waals surface area contributed by atoms with Gasteiger partial charge in [-0.15, -0.1) is 0 Å². The summed E-state index contributed by atoms with van der Waals surface area (Å²) in [6.45, 7) is 4.03. The van der Waals surface area contributed by atoms with Crippen LogP contribution in [0.1, 0.15) is 335 Å². The molecule has 0 N–H and O–H groups in total. The Morgan fingerprint density at radius 1 is 0.330 bits per heavy atom. The van der Waals surface area contributed by atoms with E-state index in [0.717, 1.165) is 116 Å². The van der Waals surface area contributed by atoms with Crippen molar-refractivity contribution in [2.75, 3.05) is 47.5 Å². The van der Waals surface area contributed by atoms with E-state index in [-0.39, 0.29) is 32.0 Å². The van der Waals surface area contributed by atoms with Gasteiger partial charge in [0.25, 0.3) is 7.82 Å². The summed E-state index contributed by atoms with van der Waals surface area (Å²) in [6.07, 6.45) is 107. The van der Waals surface area contributed by atoms with Gasteiger partial charge in [0.1, 0.15) is 19.8 Å². The van der Waals surface area contributed by atoms with Crippen molar-refractivity contribution < 1.29 is 42.1 Å². The van der Waals surface area contributed by atoms with Crippen molar-refractivity contribution in [3.8, 4) is 0 Å². The molecule has 0 heterocycles. The van der Waals surface area contributed by atoms with E-state index in [1.807, 2.05) is 21.1 Å². The predicted molar refractivity (Wildman–Crippen MR) is 406 cm³/mol. The van der Waals surface area contributed by atoms with Crippen molar-refractivity contribution >= 4 is 19.8 Å². The zero-order chi connectivity index (χ0) is 68.3. The van der Waals surface area contributed by atoms with Crippen LogP contribution in [0, 0.1) is 0 Å². The van der Waals surface area contributed by atoms with Crippen LogP contribution in [0.5, 0.6) is 0 Å². The summed E-state index contributed by atoms with van der Waals surface area (Å²) in [7, 11) is 1.16. The van der Waals surface area contributed by atoms with E-state index >= 15 is 0 Å². The van der Waals surface area contributed by atoms with Gasteiger partial charge < -0.3 is 27.9 Å². The fraction of sp³-hybridized carbons (Fsp3) is 0.714. The number of allylic oxidation sites excluding steroid dienone is 22. The first-order chi connectivity index (χ1) is 46.0. The van der Waals surface area contributed by atoms with E-state index in [1.165, 1.54) is 186 Å².